The summed E-state index contributed by atoms with van der Waals surface area (Å²) >= 11 is 1.80. The van der Waals surface area contributed by atoms with Crippen molar-refractivity contribution in [1.29, 1.82) is 0 Å². The number of thiophene rings is 1. The van der Waals surface area contributed by atoms with E-state index in [1.165, 1.54) is 10.4 Å². The van der Waals surface area contributed by atoms with Gasteiger partial charge in [-0.2, -0.15) is 15.0 Å². The molecule has 3 heterocycles. The predicted molar refractivity (Wildman–Crippen MR) is 82.5 cm³/mol. The maximum absolute atomic E-state index is 5.56. The molecule has 3 N–H and O–H groups in total. The minimum absolute atomic E-state index is 0.00398. The van der Waals surface area contributed by atoms with E-state index >= 15 is 0 Å². The third-order valence-electron chi connectivity index (χ3n) is 3.16. The molecule has 7 nitrogen and oxygen atoms in total. The smallest absolute Gasteiger partial charge is 0.323 e. The fraction of sp³-hybridized carbons (Fsp3) is 0.462. The predicted octanol–water partition coefficient (Wildman–Crippen LogP) is 1.57. The highest BCUT2D eigenvalue weighted by Crippen LogP contribution is 2.27. The Morgan fingerprint density at radius 2 is 2.24 bits per heavy atom. The van der Waals surface area contributed by atoms with E-state index in [-0.39, 0.29) is 6.10 Å². The molecule has 0 aromatic carbocycles. The Kier molecular flexibility index (Phi) is 3.89. The second-order valence-electron chi connectivity index (χ2n) is 5.09. The zero-order valence-electron chi connectivity index (χ0n) is 12.0. The Bertz CT molecular complexity index is 629. The lowest BCUT2D eigenvalue weighted by molar-refractivity contribution is 0.222. The van der Waals surface area contributed by atoms with Crippen LogP contribution in [0.5, 0.6) is 6.01 Å². The highest BCUT2D eigenvalue weighted by atomic mass is 32.1. The lowest BCUT2D eigenvalue weighted by Gasteiger charge is -2.27. The molecule has 0 radical (unpaired) electrons. The lowest BCUT2D eigenvalue weighted by Crippen LogP contribution is -2.31. The molecule has 0 amide bonds. The maximum Gasteiger partial charge on any atom is 0.323 e. The molecule has 1 aliphatic rings. The van der Waals surface area contributed by atoms with E-state index in [1.807, 2.05) is 13.8 Å². The Morgan fingerprint density at radius 3 is 3.00 bits per heavy atom. The number of anilines is 2. The summed E-state index contributed by atoms with van der Waals surface area (Å²) in [5, 5.41) is 2.13. The van der Waals surface area contributed by atoms with Crippen LogP contribution in [0, 0.1) is 0 Å². The molecule has 3 rings (SSSR count). The standard InChI is InChI=1S/C13H18N6OS/c1-8(2)20-13-16-11(18-14)15-12(17-13)19-5-3-10-9(7-19)4-6-21-10/h4,6,8H,3,5,7,14H2,1-2H3,(H,15,16,17,18). The summed E-state index contributed by atoms with van der Waals surface area (Å²) in [6.45, 7) is 5.53. The van der Waals surface area contributed by atoms with E-state index in [1.54, 1.807) is 11.3 Å². The molecule has 0 atom stereocenters. The van der Waals surface area contributed by atoms with Gasteiger partial charge in [0.15, 0.2) is 0 Å². The van der Waals surface area contributed by atoms with Crippen molar-refractivity contribution in [2.75, 3.05) is 16.9 Å². The third-order valence-corrected chi connectivity index (χ3v) is 4.19. The van der Waals surface area contributed by atoms with Crippen molar-refractivity contribution >= 4 is 23.2 Å². The number of fused-ring (bicyclic) bond motifs is 1. The molecular formula is C13H18N6OS. The fourth-order valence-corrected chi connectivity index (χ4v) is 3.12. The van der Waals surface area contributed by atoms with Crippen molar-refractivity contribution in [1.82, 2.24) is 15.0 Å². The van der Waals surface area contributed by atoms with Gasteiger partial charge >= 0.3 is 6.01 Å². The molecule has 0 unspecified atom stereocenters. The van der Waals surface area contributed by atoms with E-state index < -0.39 is 0 Å². The molecule has 0 aliphatic carbocycles. The van der Waals surface area contributed by atoms with Crippen molar-refractivity contribution in [3.8, 4) is 6.01 Å². The fourth-order valence-electron chi connectivity index (χ4n) is 2.23. The lowest BCUT2D eigenvalue weighted by atomic mass is 10.1. The number of nitrogens with zero attached hydrogens (tertiary/aromatic N) is 4. The van der Waals surface area contributed by atoms with E-state index in [0.29, 0.717) is 17.9 Å². The molecule has 2 aromatic heterocycles. The molecule has 2 aromatic rings. The number of nitrogen functional groups attached to an aromatic ring is 1. The normalized spacial score (nSPS) is 14.2. The van der Waals surface area contributed by atoms with Gasteiger partial charge in [-0.05, 0) is 37.3 Å². The Hall–Kier alpha value is -1.93. The number of rotatable bonds is 4. The average Bonchev–Trinajstić information content (AvgIpc) is 2.93. The Labute approximate surface area is 127 Å². The van der Waals surface area contributed by atoms with Crippen LogP contribution in [0.2, 0.25) is 0 Å². The van der Waals surface area contributed by atoms with Crippen molar-refractivity contribution in [3.05, 3.63) is 21.9 Å². The summed E-state index contributed by atoms with van der Waals surface area (Å²) in [7, 11) is 0. The topological polar surface area (TPSA) is 89.2 Å². The Balaban J connectivity index is 1.87. The summed E-state index contributed by atoms with van der Waals surface area (Å²) in [6, 6.07) is 2.44. The van der Waals surface area contributed by atoms with E-state index in [2.05, 4.69) is 36.7 Å². The van der Waals surface area contributed by atoms with Gasteiger partial charge in [-0.1, -0.05) is 0 Å². The van der Waals surface area contributed by atoms with E-state index in [0.717, 1.165) is 19.5 Å². The van der Waals surface area contributed by atoms with Gasteiger partial charge in [0, 0.05) is 18.0 Å². The van der Waals surface area contributed by atoms with Crippen molar-refractivity contribution in [2.45, 2.75) is 32.9 Å². The number of hydrazine groups is 1. The van der Waals surface area contributed by atoms with Gasteiger partial charge in [0.2, 0.25) is 11.9 Å². The van der Waals surface area contributed by atoms with Crippen LogP contribution >= 0.6 is 11.3 Å². The summed E-state index contributed by atoms with van der Waals surface area (Å²) in [4.78, 5) is 16.4. The maximum atomic E-state index is 5.56. The molecule has 1 aliphatic heterocycles. The zero-order valence-corrected chi connectivity index (χ0v) is 12.9. The van der Waals surface area contributed by atoms with E-state index in [9.17, 15) is 0 Å². The highest BCUT2D eigenvalue weighted by molar-refractivity contribution is 7.10. The van der Waals surface area contributed by atoms with Gasteiger partial charge in [0.1, 0.15) is 0 Å². The van der Waals surface area contributed by atoms with Gasteiger partial charge in [-0.15, -0.1) is 11.3 Å². The zero-order chi connectivity index (χ0) is 14.8. The van der Waals surface area contributed by atoms with Crippen LogP contribution < -0.4 is 20.9 Å². The van der Waals surface area contributed by atoms with Crippen LogP contribution in [0.25, 0.3) is 0 Å². The van der Waals surface area contributed by atoms with Crippen LogP contribution in [0.15, 0.2) is 11.4 Å². The molecule has 0 saturated heterocycles. The number of aromatic nitrogens is 3. The van der Waals surface area contributed by atoms with Gasteiger partial charge < -0.3 is 9.64 Å². The molecule has 0 spiro atoms. The quantitative estimate of drug-likeness (QED) is 0.654. The molecule has 21 heavy (non-hydrogen) atoms. The monoisotopic (exact) mass is 306 g/mol. The second kappa shape index (κ2) is 5.82. The van der Waals surface area contributed by atoms with Gasteiger partial charge in [-0.3, -0.25) is 5.43 Å². The largest absolute Gasteiger partial charge is 0.461 e. The number of nitrogens with two attached hydrogens (primary N) is 1. The molecule has 0 fully saturated rings. The molecule has 0 saturated carbocycles. The van der Waals surface area contributed by atoms with Crippen molar-refractivity contribution in [3.63, 3.8) is 0 Å². The molecule has 112 valence electrons. The van der Waals surface area contributed by atoms with Crippen LogP contribution in [0.3, 0.4) is 0 Å². The number of ether oxygens (including phenoxy) is 1. The minimum Gasteiger partial charge on any atom is -0.461 e. The van der Waals surface area contributed by atoms with Crippen LogP contribution in [0.4, 0.5) is 11.9 Å². The molecule has 0 bridgehead atoms. The molecule has 8 heteroatoms. The first kappa shape index (κ1) is 14.0. The highest BCUT2D eigenvalue weighted by Gasteiger charge is 2.21. The summed E-state index contributed by atoms with van der Waals surface area (Å²) < 4.78 is 5.56. The van der Waals surface area contributed by atoms with Gasteiger partial charge in [0.25, 0.3) is 0 Å². The average molecular weight is 306 g/mol. The van der Waals surface area contributed by atoms with Gasteiger partial charge in [0.05, 0.1) is 6.10 Å². The van der Waals surface area contributed by atoms with Crippen molar-refractivity contribution < 1.29 is 4.74 Å². The SMILES string of the molecule is CC(C)Oc1nc(NN)nc(N2CCc3sccc3C2)n1. The first-order chi connectivity index (χ1) is 10.2. The molecular weight excluding hydrogens is 288 g/mol. The summed E-state index contributed by atoms with van der Waals surface area (Å²) in [5.74, 6) is 6.33. The summed E-state index contributed by atoms with van der Waals surface area (Å²) in [6.07, 6.45) is 1.00. The minimum atomic E-state index is -0.00398. The van der Waals surface area contributed by atoms with Gasteiger partial charge in [-0.25, -0.2) is 5.84 Å². The van der Waals surface area contributed by atoms with Crippen LogP contribution in [-0.4, -0.2) is 27.6 Å². The second-order valence-corrected chi connectivity index (χ2v) is 6.09. The summed E-state index contributed by atoms with van der Waals surface area (Å²) in [5.41, 5.74) is 3.80. The van der Waals surface area contributed by atoms with Crippen LogP contribution in [-0.2, 0) is 13.0 Å². The van der Waals surface area contributed by atoms with Crippen LogP contribution in [0.1, 0.15) is 24.3 Å². The first-order valence-corrected chi connectivity index (χ1v) is 7.73. The first-order valence-electron chi connectivity index (χ1n) is 6.85. The van der Waals surface area contributed by atoms with Crippen molar-refractivity contribution in [2.24, 2.45) is 5.84 Å². The number of hydrogen-bond acceptors (Lipinski definition) is 8. The third kappa shape index (κ3) is 3.06. The van der Waals surface area contributed by atoms with E-state index in [4.69, 9.17) is 10.6 Å². The number of hydrogen-bond donors (Lipinski definition) is 2. The number of nitrogens with one attached hydrogen (secondary N) is 1. The Morgan fingerprint density at radius 1 is 1.38 bits per heavy atom.